The van der Waals surface area contributed by atoms with Crippen LogP contribution in [-0.4, -0.2) is 26.3 Å². The molecule has 2 aromatic heterocycles. The van der Waals surface area contributed by atoms with Crippen LogP contribution in [0.5, 0.6) is 0 Å². The van der Waals surface area contributed by atoms with Gasteiger partial charge in [-0.15, -0.1) is 0 Å². The summed E-state index contributed by atoms with van der Waals surface area (Å²) in [5.74, 6) is 1.04. The number of imidazole rings is 1. The molecule has 23 heavy (non-hydrogen) atoms. The van der Waals surface area contributed by atoms with Gasteiger partial charge in [0, 0.05) is 18.7 Å². The van der Waals surface area contributed by atoms with E-state index in [0.717, 1.165) is 42.5 Å². The summed E-state index contributed by atoms with van der Waals surface area (Å²) in [4.78, 5) is 19.3. The van der Waals surface area contributed by atoms with Crippen molar-refractivity contribution < 1.29 is 9.26 Å². The predicted molar refractivity (Wildman–Crippen MR) is 84.1 cm³/mol. The standard InChI is InChI=1S/C16H18N4O3/c1-2-7-20-12-6-5-10(9-11(12)17-16(20)21)14-18-15(23-19-14)13-4-3-8-22-13/h5-6,9,13H,2-4,7-8H2,1H3,(H,17,21). The summed E-state index contributed by atoms with van der Waals surface area (Å²) in [7, 11) is 0. The van der Waals surface area contributed by atoms with E-state index in [1.54, 1.807) is 4.57 Å². The molecule has 0 radical (unpaired) electrons. The summed E-state index contributed by atoms with van der Waals surface area (Å²) in [6.45, 7) is 3.48. The molecule has 120 valence electrons. The number of nitrogens with zero attached hydrogens (tertiary/aromatic N) is 3. The molecule has 3 aromatic rings. The van der Waals surface area contributed by atoms with Crippen LogP contribution in [0.15, 0.2) is 27.5 Å². The number of aromatic nitrogens is 4. The van der Waals surface area contributed by atoms with Crippen molar-refractivity contribution >= 4 is 11.0 Å². The third-order valence-corrected chi connectivity index (χ3v) is 4.13. The van der Waals surface area contributed by atoms with E-state index >= 15 is 0 Å². The summed E-state index contributed by atoms with van der Waals surface area (Å²) in [6, 6.07) is 5.71. The maximum atomic E-state index is 12.0. The topological polar surface area (TPSA) is 85.9 Å². The Morgan fingerprint density at radius 2 is 2.35 bits per heavy atom. The second-order valence-corrected chi connectivity index (χ2v) is 5.77. The van der Waals surface area contributed by atoms with Crippen LogP contribution in [0.2, 0.25) is 0 Å². The SMILES string of the molecule is CCCn1c(=O)[nH]c2cc(-c3noc(C4CCCO4)n3)ccc21. The smallest absolute Gasteiger partial charge is 0.326 e. The zero-order chi connectivity index (χ0) is 15.8. The molecule has 1 N–H and O–H groups in total. The van der Waals surface area contributed by atoms with Gasteiger partial charge in [-0.25, -0.2) is 4.79 Å². The van der Waals surface area contributed by atoms with E-state index in [9.17, 15) is 4.79 Å². The van der Waals surface area contributed by atoms with Crippen molar-refractivity contribution in [2.45, 2.75) is 38.8 Å². The Bertz CT molecular complexity index is 886. The first kappa shape index (κ1) is 14.2. The molecule has 0 aliphatic carbocycles. The summed E-state index contributed by atoms with van der Waals surface area (Å²) in [5, 5.41) is 4.04. The lowest BCUT2D eigenvalue weighted by Gasteiger charge is -2.01. The van der Waals surface area contributed by atoms with Crippen LogP contribution < -0.4 is 5.69 Å². The maximum absolute atomic E-state index is 12.0. The van der Waals surface area contributed by atoms with Crippen molar-refractivity contribution in [3.63, 3.8) is 0 Å². The lowest BCUT2D eigenvalue weighted by Crippen LogP contribution is -2.16. The monoisotopic (exact) mass is 314 g/mol. The number of ether oxygens (including phenoxy) is 1. The minimum Gasteiger partial charge on any atom is -0.368 e. The maximum Gasteiger partial charge on any atom is 0.326 e. The molecule has 0 bridgehead atoms. The largest absolute Gasteiger partial charge is 0.368 e. The van der Waals surface area contributed by atoms with Crippen LogP contribution in [0, 0.1) is 0 Å². The molecule has 1 saturated heterocycles. The van der Waals surface area contributed by atoms with Gasteiger partial charge in [0.1, 0.15) is 6.10 Å². The number of H-pyrrole nitrogens is 1. The minimum atomic E-state index is -0.0922. The van der Waals surface area contributed by atoms with Gasteiger partial charge in [0.05, 0.1) is 11.0 Å². The number of aryl methyl sites for hydroxylation is 1. The van der Waals surface area contributed by atoms with Crippen LogP contribution in [0.1, 0.15) is 38.2 Å². The van der Waals surface area contributed by atoms with E-state index < -0.39 is 0 Å². The van der Waals surface area contributed by atoms with Crippen molar-refractivity contribution in [2.75, 3.05) is 6.61 Å². The highest BCUT2D eigenvalue weighted by Crippen LogP contribution is 2.29. The summed E-state index contributed by atoms with van der Waals surface area (Å²) in [6.07, 6.45) is 2.74. The highest BCUT2D eigenvalue weighted by atomic mass is 16.5. The fourth-order valence-electron chi connectivity index (χ4n) is 3.00. The summed E-state index contributed by atoms with van der Waals surface area (Å²) in [5.41, 5.74) is 2.40. The Kier molecular flexibility index (Phi) is 3.49. The molecule has 1 aromatic carbocycles. The van der Waals surface area contributed by atoms with Crippen molar-refractivity contribution in [2.24, 2.45) is 0 Å². The lowest BCUT2D eigenvalue weighted by molar-refractivity contribution is 0.0835. The average molecular weight is 314 g/mol. The molecule has 7 heteroatoms. The van der Waals surface area contributed by atoms with E-state index in [4.69, 9.17) is 9.26 Å². The number of rotatable bonds is 4. The summed E-state index contributed by atoms with van der Waals surface area (Å²) < 4.78 is 12.6. The third kappa shape index (κ3) is 2.46. The zero-order valence-electron chi connectivity index (χ0n) is 12.9. The van der Waals surface area contributed by atoms with E-state index in [1.165, 1.54) is 0 Å². The molecule has 1 aliphatic rings. The van der Waals surface area contributed by atoms with Gasteiger partial charge in [-0.1, -0.05) is 12.1 Å². The van der Waals surface area contributed by atoms with E-state index in [-0.39, 0.29) is 11.8 Å². The Morgan fingerprint density at radius 3 is 3.13 bits per heavy atom. The number of benzene rings is 1. The first-order valence-corrected chi connectivity index (χ1v) is 7.94. The number of nitrogens with one attached hydrogen (secondary N) is 1. The molecule has 0 saturated carbocycles. The molecule has 1 unspecified atom stereocenters. The quantitative estimate of drug-likeness (QED) is 0.800. The van der Waals surface area contributed by atoms with Crippen LogP contribution in [-0.2, 0) is 11.3 Å². The van der Waals surface area contributed by atoms with Crippen molar-refractivity contribution in [3.8, 4) is 11.4 Å². The van der Waals surface area contributed by atoms with Crippen LogP contribution >= 0.6 is 0 Å². The zero-order valence-corrected chi connectivity index (χ0v) is 12.9. The molecule has 1 fully saturated rings. The van der Waals surface area contributed by atoms with Gasteiger partial charge in [-0.2, -0.15) is 4.98 Å². The molecule has 0 spiro atoms. The Morgan fingerprint density at radius 1 is 1.43 bits per heavy atom. The second-order valence-electron chi connectivity index (χ2n) is 5.77. The molecule has 4 rings (SSSR count). The van der Waals surface area contributed by atoms with Crippen LogP contribution in [0.3, 0.4) is 0 Å². The van der Waals surface area contributed by atoms with Crippen LogP contribution in [0.25, 0.3) is 22.4 Å². The molecule has 3 heterocycles. The number of hydrogen-bond donors (Lipinski definition) is 1. The fraction of sp³-hybridized carbons (Fsp3) is 0.438. The van der Waals surface area contributed by atoms with Gasteiger partial charge in [-0.3, -0.25) is 4.57 Å². The van der Waals surface area contributed by atoms with E-state index in [1.807, 2.05) is 25.1 Å². The Hall–Kier alpha value is -2.41. The molecular formula is C16H18N4O3. The van der Waals surface area contributed by atoms with Crippen LogP contribution in [0.4, 0.5) is 0 Å². The normalized spacial score (nSPS) is 18.0. The number of aromatic amines is 1. The lowest BCUT2D eigenvalue weighted by atomic mass is 10.2. The van der Waals surface area contributed by atoms with Crippen molar-refractivity contribution in [3.05, 3.63) is 34.6 Å². The highest BCUT2D eigenvalue weighted by molar-refractivity contribution is 5.80. The first-order chi connectivity index (χ1) is 11.3. The van der Waals surface area contributed by atoms with Gasteiger partial charge in [-0.05, 0) is 37.5 Å². The minimum absolute atomic E-state index is 0.0906. The van der Waals surface area contributed by atoms with E-state index in [0.29, 0.717) is 18.3 Å². The van der Waals surface area contributed by atoms with Gasteiger partial charge >= 0.3 is 5.69 Å². The number of fused-ring (bicyclic) bond motifs is 1. The third-order valence-electron chi connectivity index (χ3n) is 4.13. The highest BCUT2D eigenvalue weighted by Gasteiger charge is 2.24. The average Bonchev–Trinajstić information content (AvgIpc) is 3.26. The second kappa shape index (κ2) is 5.66. The van der Waals surface area contributed by atoms with Gasteiger partial charge in [0.15, 0.2) is 0 Å². The fourth-order valence-corrected chi connectivity index (χ4v) is 3.00. The molecule has 7 nitrogen and oxygen atoms in total. The van der Waals surface area contributed by atoms with Crippen molar-refractivity contribution in [1.82, 2.24) is 19.7 Å². The molecule has 1 aliphatic heterocycles. The Balaban J connectivity index is 1.70. The molecular weight excluding hydrogens is 296 g/mol. The van der Waals surface area contributed by atoms with Gasteiger partial charge < -0.3 is 14.2 Å². The molecule has 1 atom stereocenters. The van der Waals surface area contributed by atoms with E-state index in [2.05, 4.69) is 15.1 Å². The number of hydrogen-bond acceptors (Lipinski definition) is 5. The molecule has 0 amide bonds. The van der Waals surface area contributed by atoms with Gasteiger partial charge in [0.25, 0.3) is 5.89 Å². The first-order valence-electron chi connectivity index (χ1n) is 7.94. The summed E-state index contributed by atoms with van der Waals surface area (Å²) >= 11 is 0. The Labute approximate surface area is 132 Å². The van der Waals surface area contributed by atoms with Crippen molar-refractivity contribution in [1.29, 1.82) is 0 Å². The van der Waals surface area contributed by atoms with Gasteiger partial charge in [0.2, 0.25) is 5.82 Å². The predicted octanol–water partition coefficient (Wildman–Crippen LogP) is 2.64.